The van der Waals surface area contributed by atoms with Gasteiger partial charge in [0, 0.05) is 34.9 Å². The third kappa shape index (κ3) is 6.06. The minimum Gasteiger partial charge on any atom is -0.496 e. The van der Waals surface area contributed by atoms with Crippen LogP contribution in [0.5, 0.6) is 11.5 Å². The smallest absolute Gasteiger partial charge is 0.416 e. The van der Waals surface area contributed by atoms with Crippen LogP contribution in [-0.4, -0.2) is 59.2 Å². The Morgan fingerprint density at radius 1 is 0.682 bits per heavy atom. The summed E-state index contributed by atoms with van der Waals surface area (Å²) in [6.07, 6.45) is -1.08. The molecule has 2 atom stereocenters. The lowest BCUT2D eigenvalue weighted by Crippen LogP contribution is -2.44. The van der Waals surface area contributed by atoms with Gasteiger partial charge in [0.1, 0.15) is 23.3 Å². The van der Waals surface area contributed by atoms with E-state index in [1.165, 1.54) is 0 Å². The van der Waals surface area contributed by atoms with Gasteiger partial charge in [-0.15, -0.1) is 0 Å². The van der Waals surface area contributed by atoms with Gasteiger partial charge in [-0.3, -0.25) is 9.69 Å². The first-order valence-corrected chi connectivity index (χ1v) is 16.6. The lowest BCUT2D eigenvalue weighted by molar-refractivity contribution is -0.0379. The number of hydrogen-bond acceptors (Lipinski definition) is 6. The third-order valence-electron chi connectivity index (χ3n) is 8.18. The van der Waals surface area contributed by atoms with Crippen LogP contribution in [0, 0.1) is 0 Å². The molecule has 1 N–H and O–H groups in total. The quantitative estimate of drug-likeness (QED) is 0.142. The molecule has 0 aliphatic rings. The summed E-state index contributed by atoms with van der Waals surface area (Å²) in [6, 6.07) is 18.6. The molecule has 234 valence electrons. The molecule has 4 aromatic rings. The average molecular weight is 618 g/mol. The highest BCUT2D eigenvalue weighted by Gasteiger charge is 2.40. The molecule has 1 amide bonds. The molecule has 0 fully saturated rings. The molecule has 0 aliphatic heterocycles. The molecular weight excluding hydrogens is 571 g/mol. The van der Waals surface area contributed by atoms with Crippen molar-refractivity contribution in [1.29, 1.82) is 0 Å². The molecule has 0 aliphatic carbocycles. The van der Waals surface area contributed by atoms with Gasteiger partial charge in [0.25, 0.3) is 5.91 Å². The number of carbonyl (C=O) groups is 1. The maximum absolute atomic E-state index is 15.1. The van der Waals surface area contributed by atoms with E-state index in [0.29, 0.717) is 44.0 Å². The summed E-state index contributed by atoms with van der Waals surface area (Å²) >= 11 is 0. The van der Waals surface area contributed by atoms with E-state index in [2.05, 4.69) is 0 Å². The molecule has 7 nitrogen and oxygen atoms in total. The standard InChI is InChI=1S/C36H46N2O5P/c1-21(2)37(22(3)4)35(39)33-29(19-17-25-13-11-15-27(42-9)31(25)33)44(41)30-20-18-26-14-12-16-28(43-10)32(26)34(30)36(40)38(23(5)6)24(7)8/h11-24,35,39H,1-10H3/q+1/t35-/m1/s1. The molecule has 0 saturated carbocycles. The van der Waals surface area contributed by atoms with Crippen LogP contribution in [0.4, 0.5) is 0 Å². The summed E-state index contributed by atoms with van der Waals surface area (Å²) in [6.45, 7) is 16.1. The van der Waals surface area contributed by atoms with E-state index < -0.39 is 14.0 Å². The molecule has 0 bridgehead atoms. The van der Waals surface area contributed by atoms with Gasteiger partial charge in [0.15, 0.2) is 0 Å². The van der Waals surface area contributed by atoms with Crippen LogP contribution in [0.3, 0.4) is 0 Å². The van der Waals surface area contributed by atoms with Crippen LogP contribution in [0.15, 0.2) is 60.7 Å². The molecule has 8 heteroatoms. The number of ether oxygens (including phenoxy) is 2. The van der Waals surface area contributed by atoms with Gasteiger partial charge in [-0.1, -0.05) is 28.8 Å². The number of benzene rings is 4. The molecule has 4 aromatic carbocycles. The zero-order valence-electron chi connectivity index (χ0n) is 27.6. The Labute approximate surface area is 262 Å². The fraction of sp³-hybridized carbons (Fsp3) is 0.417. The Morgan fingerprint density at radius 2 is 1.16 bits per heavy atom. The van der Waals surface area contributed by atoms with E-state index in [1.54, 1.807) is 20.3 Å². The van der Waals surface area contributed by atoms with Gasteiger partial charge in [-0.2, -0.15) is 0 Å². The summed E-state index contributed by atoms with van der Waals surface area (Å²) in [5.41, 5.74) is 0.875. The highest BCUT2D eigenvalue weighted by molar-refractivity contribution is 7.61. The summed E-state index contributed by atoms with van der Waals surface area (Å²) in [7, 11) is 0.794. The van der Waals surface area contributed by atoms with Crippen molar-refractivity contribution in [3.63, 3.8) is 0 Å². The molecule has 0 spiro atoms. The Morgan fingerprint density at radius 3 is 1.64 bits per heavy atom. The highest BCUT2D eigenvalue weighted by Crippen LogP contribution is 2.40. The minimum atomic E-state index is -2.38. The number of fused-ring (bicyclic) bond motifs is 2. The van der Waals surface area contributed by atoms with Gasteiger partial charge < -0.3 is 19.5 Å². The van der Waals surface area contributed by atoms with Crippen molar-refractivity contribution >= 4 is 45.9 Å². The van der Waals surface area contributed by atoms with Gasteiger partial charge in [0.05, 0.1) is 19.8 Å². The Bertz CT molecular complexity index is 1660. The number of hydrogen-bond donors (Lipinski definition) is 1. The topological polar surface area (TPSA) is 79.3 Å². The Balaban J connectivity index is 2.12. The molecule has 44 heavy (non-hydrogen) atoms. The summed E-state index contributed by atoms with van der Waals surface area (Å²) in [5.74, 6) is 0.904. The number of nitrogens with zero attached hydrogens (tertiary/aromatic N) is 2. The Kier molecular flexibility index (Phi) is 10.3. The first kappa shape index (κ1) is 33.4. The van der Waals surface area contributed by atoms with Crippen LogP contribution in [-0.2, 0) is 4.57 Å². The van der Waals surface area contributed by atoms with Crippen LogP contribution in [0.1, 0.15) is 77.5 Å². The van der Waals surface area contributed by atoms with E-state index in [0.717, 1.165) is 10.8 Å². The van der Waals surface area contributed by atoms with Crippen molar-refractivity contribution in [1.82, 2.24) is 9.80 Å². The number of aliphatic hydroxyl groups is 1. The van der Waals surface area contributed by atoms with Crippen LogP contribution in [0.25, 0.3) is 21.5 Å². The second-order valence-corrected chi connectivity index (χ2v) is 13.8. The van der Waals surface area contributed by atoms with Crippen molar-refractivity contribution in [3.8, 4) is 11.5 Å². The van der Waals surface area contributed by atoms with E-state index in [-0.39, 0.29) is 30.1 Å². The van der Waals surface area contributed by atoms with Crippen LogP contribution < -0.4 is 20.1 Å². The zero-order valence-corrected chi connectivity index (χ0v) is 28.5. The average Bonchev–Trinajstić information content (AvgIpc) is 2.97. The molecule has 0 heterocycles. The normalized spacial score (nSPS) is 13.0. The molecule has 0 aromatic heterocycles. The van der Waals surface area contributed by atoms with Gasteiger partial charge in [0.2, 0.25) is 10.6 Å². The SMILES string of the molecule is COc1cccc2ccc([P+](=O)c3ccc4cccc(OC)c4c3[C@@H](O)N(C(C)C)C(C)C)c(C(=O)N(C(C)C)C(C)C)c12. The van der Waals surface area contributed by atoms with Crippen LogP contribution >= 0.6 is 7.80 Å². The van der Waals surface area contributed by atoms with Crippen LogP contribution in [0.2, 0.25) is 0 Å². The third-order valence-corrected chi connectivity index (χ3v) is 9.82. The fourth-order valence-electron chi connectivity index (χ4n) is 6.50. The van der Waals surface area contributed by atoms with Gasteiger partial charge in [-0.25, -0.2) is 0 Å². The van der Waals surface area contributed by atoms with E-state index in [1.807, 2.05) is 120 Å². The maximum Gasteiger partial charge on any atom is 0.416 e. The van der Waals surface area contributed by atoms with Crippen molar-refractivity contribution in [2.75, 3.05) is 14.2 Å². The van der Waals surface area contributed by atoms with Crippen molar-refractivity contribution in [3.05, 3.63) is 71.8 Å². The second-order valence-electron chi connectivity index (χ2n) is 12.3. The lowest BCUT2D eigenvalue weighted by Gasteiger charge is -2.35. The fourth-order valence-corrected chi connectivity index (χ4v) is 8.03. The monoisotopic (exact) mass is 617 g/mol. The summed E-state index contributed by atoms with van der Waals surface area (Å²) in [4.78, 5) is 18.3. The summed E-state index contributed by atoms with van der Waals surface area (Å²) < 4.78 is 26.6. The molecule has 0 radical (unpaired) electrons. The van der Waals surface area contributed by atoms with E-state index >= 15 is 4.57 Å². The predicted octanol–water partition coefficient (Wildman–Crippen LogP) is 7.16. The van der Waals surface area contributed by atoms with Gasteiger partial charge >= 0.3 is 7.80 Å². The number of methoxy groups -OCH3 is 2. The maximum atomic E-state index is 15.1. The zero-order chi connectivity index (χ0) is 32.5. The molecule has 4 rings (SSSR count). The number of carbonyl (C=O) groups excluding carboxylic acids is 1. The first-order chi connectivity index (χ1) is 20.8. The van der Waals surface area contributed by atoms with Crippen molar-refractivity contribution in [2.45, 2.75) is 85.8 Å². The largest absolute Gasteiger partial charge is 0.496 e. The second kappa shape index (κ2) is 13.6. The number of amides is 1. The summed E-state index contributed by atoms with van der Waals surface area (Å²) in [5, 5.41) is 16.0. The number of aliphatic hydroxyl groups excluding tert-OH is 1. The predicted molar refractivity (Wildman–Crippen MR) is 181 cm³/mol. The Hall–Kier alpha value is -3.51. The molecule has 1 unspecified atom stereocenters. The molecular formula is C36H46N2O5P+. The first-order valence-electron chi connectivity index (χ1n) is 15.3. The number of rotatable bonds is 11. The van der Waals surface area contributed by atoms with Gasteiger partial charge in [-0.05, 0) is 103 Å². The molecule has 0 saturated heterocycles. The van der Waals surface area contributed by atoms with Crippen molar-refractivity contribution in [2.24, 2.45) is 0 Å². The lowest BCUT2D eigenvalue weighted by atomic mass is 10.00. The van der Waals surface area contributed by atoms with Crippen molar-refractivity contribution < 1.29 is 23.9 Å². The minimum absolute atomic E-state index is 0.00611. The highest BCUT2D eigenvalue weighted by atomic mass is 31.1. The van der Waals surface area contributed by atoms with E-state index in [4.69, 9.17) is 9.47 Å². The van der Waals surface area contributed by atoms with E-state index in [9.17, 15) is 9.90 Å².